The Balaban J connectivity index is 1.39. The highest BCUT2D eigenvalue weighted by Gasteiger charge is 2.48. The maximum Gasteiger partial charge on any atom is 0.135 e. The summed E-state index contributed by atoms with van der Waals surface area (Å²) in [4.78, 5) is 0. The second-order valence-corrected chi connectivity index (χ2v) is 12.8. The Kier molecular flexibility index (Phi) is 5.48. The van der Waals surface area contributed by atoms with Gasteiger partial charge in [0.15, 0.2) is 0 Å². The molecular weight excluding hydrogens is 569 g/mol. The molecule has 0 amide bonds. The van der Waals surface area contributed by atoms with E-state index in [0.29, 0.717) is 0 Å². The van der Waals surface area contributed by atoms with Crippen LogP contribution in [0.2, 0.25) is 0 Å². The molecule has 0 spiro atoms. The molecule has 0 aromatic heterocycles. The van der Waals surface area contributed by atoms with E-state index in [1.54, 1.807) is 0 Å². The molecule has 1 atom stereocenters. The Morgan fingerprint density at radius 3 is 1.85 bits per heavy atom. The lowest BCUT2D eigenvalue weighted by molar-refractivity contribution is 0.487. The molecule has 1 aliphatic carbocycles. The van der Waals surface area contributed by atoms with Gasteiger partial charge in [0.1, 0.15) is 11.5 Å². The number of hydrogen-bond donors (Lipinski definition) is 0. The van der Waals surface area contributed by atoms with E-state index < -0.39 is 5.41 Å². The monoisotopic (exact) mass is 598 g/mol. The Morgan fingerprint density at radius 1 is 0.383 bits per heavy atom. The van der Waals surface area contributed by atoms with Crippen molar-refractivity contribution in [1.82, 2.24) is 0 Å². The summed E-state index contributed by atoms with van der Waals surface area (Å²) in [7, 11) is 0. The molecule has 0 N–H and O–H groups in total. The molecule has 10 rings (SSSR count). The number of rotatable bonds is 3. The van der Waals surface area contributed by atoms with E-state index in [0.717, 1.165) is 17.1 Å². The topological polar surface area (TPSA) is 9.23 Å². The summed E-state index contributed by atoms with van der Waals surface area (Å²) >= 11 is 0. The quantitative estimate of drug-likeness (QED) is 0.197. The summed E-state index contributed by atoms with van der Waals surface area (Å²) in [5.74, 6) is 1.81. The predicted octanol–water partition coefficient (Wildman–Crippen LogP) is 12.1. The van der Waals surface area contributed by atoms with Gasteiger partial charge in [0.25, 0.3) is 0 Å². The van der Waals surface area contributed by atoms with Crippen molar-refractivity contribution < 1.29 is 4.74 Å². The van der Waals surface area contributed by atoms with Crippen LogP contribution in [0.15, 0.2) is 164 Å². The number of hydrogen-bond acceptors (Lipinski definition) is 1. The van der Waals surface area contributed by atoms with Gasteiger partial charge in [0.05, 0.1) is 5.41 Å². The Hall–Kier alpha value is -5.92. The minimum atomic E-state index is -0.538. The maximum atomic E-state index is 6.51. The zero-order valence-electron chi connectivity index (χ0n) is 26.0. The van der Waals surface area contributed by atoms with Crippen molar-refractivity contribution in [2.24, 2.45) is 0 Å². The minimum absolute atomic E-state index is 0.538. The van der Waals surface area contributed by atoms with Gasteiger partial charge in [-0.3, -0.25) is 0 Å². The molecule has 47 heavy (non-hydrogen) atoms. The third-order valence-corrected chi connectivity index (χ3v) is 10.5. The van der Waals surface area contributed by atoms with Gasteiger partial charge in [-0.05, 0) is 85.3 Å². The number of aryl methyl sites for hydroxylation is 1. The van der Waals surface area contributed by atoms with Crippen LogP contribution in [-0.4, -0.2) is 0 Å². The van der Waals surface area contributed by atoms with Crippen LogP contribution in [0.5, 0.6) is 11.5 Å². The largest absolute Gasteiger partial charge is 0.456 e. The zero-order chi connectivity index (χ0) is 31.1. The predicted molar refractivity (Wildman–Crippen MR) is 194 cm³/mol. The van der Waals surface area contributed by atoms with Gasteiger partial charge >= 0.3 is 0 Å². The number of benzene rings is 8. The van der Waals surface area contributed by atoms with E-state index in [-0.39, 0.29) is 0 Å². The van der Waals surface area contributed by atoms with Crippen LogP contribution in [-0.2, 0) is 5.41 Å². The Bertz CT molecular complexity index is 2570. The van der Waals surface area contributed by atoms with Crippen LogP contribution in [0, 0.1) is 6.92 Å². The maximum absolute atomic E-state index is 6.51. The van der Waals surface area contributed by atoms with Crippen LogP contribution in [0.4, 0.5) is 0 Å². The molecule has 0 fully saturated rings. The molecule has 0 bridgehead atoms. The molecule has 220 valence electrons. The first-order valence-corrected chi connectivity index (χ1v) is 16.4. The summed E-state index contributed by atoms with van der Waals surface area (Å²) < 4.78 is 6.51. The van der Waals surface area contributed by atoms with Gasteiger partial charge in [0.2, 0.25) is 0 Å². The molecule has 1 nitrogen and oxygen atoms in total. The summed E-state index contributed by atoms with van der Waals surface area (Å²) in [5, 5.41) is 4.91. The first-order chi connectivity index (χ1) is 23.2. The fraction of sp³-hybridized carbons (Fsp3) is 0.0435. The first kappa shape index (κ1) is 26.3. The summed E-state index contributed by atoms with van der Waals surface area (Å²) in [5.41, 5.74) is 13.4. The van der Waals surface area contributed by atoms with E-state index in [2.05, 4.69) is 171 Å². The van der Waals surface area contributed by atoms with Gasteiger partial charge in [-0.15, -0.1) is 0 Å². The van der Waals surface area contributed by atoms with Crippen LogP contribution in [0.25, 0.3) is 54.9 Å². The second kappa shape index (κ2) is 9.79. The second-order valence-electron chi connectivity index (χ2n) is 12.8. The van der Waals surface area contributed by atoms with Gasteiger partial charge in [-0.25, -0.2) is 0 Å². The van der Waals surface area contributed by atoms with Gasteiger partial charge in [-0.1, -0.05) is 152 Å². The number of fused-ring (bicyclic) bond motifs is 7. The third-order valence-electron chi connectivity index (χ3n) is 10.5. The molecule has 8 aromatic rings. The molecule has 1 unspecified atom stereocenters. The standard InChI is InChI=1S/C46H30O/c1-29-13-2-8-20-37(29)46(39-22-10-6-18-35(39)44-32-16-4-3-14-30(32)26-28-40(44)46)38-21-9-5-17-33(38)34-27-25-31-15-12-24-42-43(31)45(34)36-19-7-11-23-41(36)47-42/h2-28H,1H3. The molecule has 0 radical (unpaired) electrons. The van der Waals surface area contributed by atoms with Gasteiger partial charge < -0.3 is 4.74 Å². The van der Waals surface area contributed by atoms with Crippen LogP contribution >= 0.6 is 0 Å². The van der Waals surface area contributed by atoms with Crippen LogP contribution in [0.1, 0.15) is 27.8 Å². The molecule has 0 saturated carbocycles. The van der Waals surface area contributed by atoms with Crippen molar-refractivity contribution in [2.45, 2.75) is 12.3 Å². The van der Waals surface area contributed by atoms with Crippen molar-refractivity contribution in [3.8, 4) is 44.9 Å². The van der Waals surface area contributed by atoms with Crippen molar-refractivity contribution in [1.29, 1.82) is 0 Å². The van der Waals surface area contributed by atoms with Gasteiger partial charge in [0, 0.05) is 16.5 Å². The lowest BCUT2D eigenvalue weighted by atomic mass is 9.64. The molecular formula is C46H30O. The van der Waals surface area contributed by atoms with E-state index in [9.17, 15) is 0 Å². The van der Waals surface area contributed by atoms with E-state index in [1.165, 1.54) is 77.2 Å². The highest BCUT2D eigenvalue weighted by Crippen LogP contribution is 2.60. The Labute approximate surface area is 274 Å². The first-order valence-electron chi connectivity index (χ1n) is 16.4. The average molecular weight is 599 g/mol. The summed E-state index contributed by atoms with van der Waals surface area (Å²) in [6.07, 6.45) is 0. The van der Waals surface area contributed by atoms with E-state index in [1.807, 2.05) is 0 Å². The SMILES string of the molecule is Cc1ccccc1C1(c2ccccc2-c2ccc3cccc4c3c2-c2ccccc2O4)c2ccccc2-c2c1ccc1ccccc21. The third kappa shape index (κ3) is 3.49. The normalized spacial score (nSPS) is 15.6. The fourth-order valence-corrected chi connectivity index (χ4v) is 8.63. The van der Waals surface area contributed by atoms with Crippen molar-refractivity contribution in [3.05, 3.63) is 192 Å². The van der Waals surface area contributed by atoms with Crippen molar-refractivity contribution >= 4 is 21.5 Å². The van der Waals surface area contributed by atoms with E-state index >= 15 is 0 Å². The highest BCUT2D eigenvalue weighted by atomic mass is 16.5. The number of para-hydroxylation sites is 1. The fourth-order valence-electron chi connectivity index (χ4n) is 8.63. The lowest BCUT2D eigenvalue weighted by Crippen LogP contribution is -2.30. The van der Waals surface area contributed by atoms with Crippen LogP contribution in [0.3, 0.4) is 0 Å². The highest BCUT2D eigenvalue weighted by molar-refractivity contribution is 6.11. The van der Waals surface area contributed by atoms with E-state index in [4.69, 9.17) is 4.74 Å². The smallest absolute Gasteiger partial charge is 0.135 e. The molecule has 2 aliphatic rings. The molecule has 0 saturated heterocycles. The van der Waals surface area contributed by atoms with Crippen molar-refractivity contribution in [3.63, 3.8) is 0 Å². The van der Waals surface area contributed by atoms with Crippen molar-refractivity contribution in [2.75, 3.05) is 0 Å². The molecule has 1 heterocycles. The van der Waals surface area contributed by atoms with Gasteiger partial charge in [-0.2, -0.15) is 0 Å². The Morgan fingerprint density at radius 2 is 1.00 bits per heavy atom. The minimum Gasteiger partial charge on any atom is -0.456 e. The summed E-state index contributed by atoms with van der Waals surface area (Å²) in [6, 6.07) is 60.2. The summed E-state index contributed by atoms with van der Waals surface area (Å²) in [6.45, 7) is 2.26. The molecule has 1 heteroatoms. The molecule has 8 aromatic carbocycles. The molecule has 1 aliphatic heterocycles. The number of ether oxygens (including phenoxy) is 1. The lowest BCUT2D eigenvalue weighted by Gasteiger charge is -2.37. The average Bonchev–Trinajstić information content (AvgIpc) is 3.43. The van der Waals surface area contributed by atoms with Crippen LogP contribution < -0.4 is 4.74 Å². The zero-order valence-corrected chi connectivity index (χ0v) is 26.0.